The molecule has 2 aliphatic rings. The number of halogens is 2. The van der Waals surface area contributed by atoms with Crippen LogP contribution in [0.15, 0.2) is 36.5 Å². The molecule has 2 fully saturated rings. The summed E-state index contributed by atoms with van der Waals surface area (Å²) < 4.78 is 19.0. The van der Waals surface area contributed by atoms with Crippen LogP contribution in [0.5, 0.6) is 0 Å². The third-order valence-corrected chi connectivity index (χ3v) is 6.13. The Bertz CT molecular complexity index is 863. The predicted octanol–water partition coefficient (Wildman–Crippen LogP) is 4.69. The molecule has 0 N–H and O–H groups in total. The molecule has 4 rings (SSSR count). The van der Waals surface area contributed by atoms with Gasteiger partial charge in [-0.2, -0.15) is 0 Å². The predicted molar refractivity (Wildman–Crippen MR) is 115 cm³/mol. The highest BCUT2D eigenvalue weighted by Crippen LogP contribution is 2.28. The van der Waals surface area contributed by atoms with Crippen molar-refractivity contribution in [2.45, 2.75) is 44.8 Å². The highest BCUT2D eigenvalue weighted by atomic mass is 35.5. The molecule has 5 nitrogen and oxygen atoms in total. The standard InChI is InChI=1S/C23H27ClFN3O2/c24-21-14-18(23(29)28-10-2-1-3-11-28)15-26-22(21)27-12-8-20(9-13-27)30-16-17-4-6-19(25)7-5-17/h4-7,14-15,20H,1-3,8-13,16H2. The molecule has 0 unspecified atom stereocenters. The minimum Gasteiger partial charge on any atom is -0.373 e. The van der Waals surface area contributed by atoms with Crippen LogP contribution in [0.1, 0.15) is 48.0 Å². The molecule has 1 aromatic heterocycles. The first-order chi connectivity index (χ1) is 14.6. The van der Waals surface area contributed by atoms with Gasteiger partial charge in [0.05, 0.1) is 23.3 Å². The summed E-state index contributed by atoms with van der Waals surface area (Å²) in [5.41, 5.74) is 1.53. The number of nitrogens with zero attached hydrogens (tertiary/aromatic N) is 3. The van der Waals surface area contributed by atoms with E-state index >= 15 is 0 Å². The molecule has 1 aromatic carbocycles. The first-order valence-electron chi connectivity index (χ1n) is 10.7. The van der Waals surface area contributed by atoms with E-state index < -0.39 is 0 Å². The van der Waals surface area contributed by atoms with E-state index in [1.165, 1.54) is 18.6 Å². The van der Waals surface area contributed by atoms with Crippen molar-refractivity contribution >= 4 is 23.3 Å². The Morgan fingerprint density at radius 2 is 1.80 bits per heavy atom. The van der Waals surface area contributed by atoms with Gasteiger partial charge in [-0.25, -0.2) is 9.37 Å². The number of ether oxygens (including phenoxy) is 1. The van der Waals surface area contributed by atoms with Gasteiger partial charge in [-0.1, -0.05) is 23.7 Å². The van der Waals surface area contributed by atoms with Gasteiger partial charge in [0.1, 0.15) is 11.6 Å². The Morgan fingerprint density at radius 1 is 1.10 bits per heavy atom. The summed E-state index contributed by atoms with van der Waals surface area (Å²) in [6, 6.07) is 8.16. The maximum atomic E-state index is 13.0. The van der Waals surface area contributed by atoms with Gasteiger partial charge in [-0.05, 0) is 55.9 Å². The number of hydrogen-bond donors (Lipinski definition) is 0. The third-order valence-electron chi connectivity index (χ3n) is 5.85. The van der Waals surface area contributed by atoms with Crippen molar-refractivity contribution in [3.05, 3.63) is 58.5 Å². The highest BCUT2D eigenvalue weighted by Gasteiger charge is 2.24. The van der Waals surface area contributed by atoms with Crippen LogP contribution in [-0.4, -0.2) is 48.1 Å². The van der Waals surface area contributed by atoms with Crippen LogP contribution in [0.25, 0.3) is 0 Å². The van der Waals surface area contributed by atoms with Gasteiger partial charge in [-0.15, -0.1) is 0 Å². The van der Waals surface area contributed by atoms with Crippen LogP contribution in [0.4, 0.5) is 10.2 Å². The van der Waals surface area contributed by atoms with Gasteiger partial charge in [0.2, 0.25) is 0 Å². The van der Waals surface area contributed by atoms with Crippen LogP contribution in [-0.2, 0) is 11.3 Å². The molecular formula is C23H27ClFN3O2. The van der Waals surface area contributed by atoms with Gasteiger partial charge in [-0.3, -0.25) is 4.79 Å². The Kier molecular flexibility index (Phi) is 6.85. The minimum absolute atomic E-state index is 0.0172. The van der Waals surface area contributed by atoms with Crippen molar-refractivity contribution in [3.8, 4) is 0 Å². The first kappa shape index (κ1) is 21.1. The van der Waals surface area contributed by atoms with Crippen molar-refractivity contribution < 1.29 is 13.9 Å². The number of carbonyl (C=O) groups excluding carboxylic acids is 1. The van der Waals surface area contributed by atoms with E-state index in [0.29, 0.717) is 17.2 Å². The zero-order valence-corrected chi connectivity index (χ0v) is 17.8. The molecule has 30 heavy (non-hydrogen) atoms. The number of amides is 1. The number of piperidine rings is 2. The Morgan fingerprint density at radius 3 is 2.47 bits per heavy atom. The van der Waals surface area contributed by atoms with Crippen molar-refractivity contribution in [1.29, 1.82) is 0 Å². The molecule has 0 radical (unpaired) electrons. The number of pyridine rings is 1. The van der Waals surface area contributed by atoms with Gasteiger partial charge < -0.3 is 14.5 Å². The van der Waals surface area contributed by atoms with E-state index in [-0.39, 0.29) is 17.8 Å². The average molecular weight is 432 g/mol. The summed E-state index contributed by atoms with van der Waals surface area (Å²) in [5, 5.41) is 0.517. The molecule has 1 amide bonds. The lowest BCUT2D eigenvalue weighted by Gasteiger charge is -2.33. The first-order valence-corrected chi connectivity index (χ1v) is 11.0. The molecule has 0 atom stereocenters. The van der Waals surface area contributed by atoms with Crippen LogP contribution in [0.2, 0.25) is 5.02 Å². The van der Waals surface area contributed by atoms with Gasteiger partial charge in [0.15, 0.2) is 0 Å². The molecule has 0 saturated carbocycles. The molecule has 2 aliphatic heterocycles. The van der Waals surface area contributed by atoms with E-state index in [2.05, 4.69) is 9.88 Å². The largest absolute Gasteiger partial charge is 0.373 e. The Balaban J connectivity index is 1.30. The van der Waals surface area contributed by atoms with Crippen LogP contribution in [0.3, 0.4) is 0 Å². The molecule has 3 heterocycles. The van der Waals surface area contributed by atoms with Crippen molar-refractivity contribution in [1.82, 2.24) is 9.88 Å². The quantitative estimate of drug-likeness (QED) is 0.689. The number of carbonyl (C=O) groups is 1. The fraction of sp³-hybridized carbons (Fsp3) is 0.478. The number of aromatic nitrogens is 1. The molecule has 160 valence electrons. The lowest BCUT2D eigenvalue weighted by molar-refractivity contribution is 0.0250. The monoisotopic (exact) mass is 431 g/mol. The Hall–Kier alpha value is -2.18. The van der Waals surface area contributed by atoms with E-state index in [0.717, 1.165) is 63.2 Å². The zero-order chi connectivity index (χ0) is 20.9. The van der Waals surface area contributed by atoms with Crippen LogP contribution >= 0.6 is 11.6 Å². The molecular weight excluding hydrogens is 405 g/mol. The second-order valence-corrected chi connectivity index (χ2v) is 8.41. The maximum absolute atomic E-state index is 13.0. The van der Waals surface area contributed by atoms with Gasteiger partial charge >= 0.3 is 0 Å². The normalized spacial score (nSPS) is 17.9. The fourth-order valence-electron chi connectivity index (χ4n) is 4.09. The van der Waals surface area contributed by atoms with Gasteiger partial charge in [0, 0.05) is 32.4 Å². The van der Waals surface area contributed by atoms with E-state index in [4.69, 9.17) is 16.3 Å². The molecule has 0 spiro atoms. The number of hydrogen-bond acceptors (Lipinski definition) is 4. The topological polar surface area (TPSA) is 45.7 Å². The van der Waals surface area contributed by atoms with E-state index in [9.17, 15) is 9.18 Å². The van der Waals surface area contributed by atoms with Gasteiger partial charge in [0.25, 0.3) is 5.91 Å². The Labute approximate surface area is 181 Å². The lowest BCUT2D eigenvalue weighted by atomic mass is 10.1. The summed E-state index contributed by atoms with van der Waals surface area (Å²) >= 11 is 6.50. The third kappa shape index (κ3) is 5.10. The highest BCUT2D eigenvalue weighted by molar-refractivity contribution is 6.33. The molecule has 2 saturated heterocycles. The lowest BCUT2D eigenvalue weighted by Crippen LogP contribution is -2.38. The van der Waals surface area contributed by atoms with Crippen LogP contribution in [0, 0.1) is 5.82 Å². The number of anilines is 1. The van der Waals surface area contributed by atoms with E-state index in [1.54, 1.807) is 24.4 Å². The molecule has 2 aromatic rings. The summed E-state index contributed by atoms with van der Waals surface area (Å²) in [5.74, 6) is 0.507. The second-order valence-electron chi connectivity index (χ2n) is 8.01. The number of rotatable bonds is 5. The van der Waals surface area contributed by atoms with Crippen molar-refractivity contribution in [2.75, 3.05) is 31.1 Å². The number of likely N-dealkylation sites (tertiary alicyclic amines) is 1. The van der Waals surface area contributed by atoms with Crippen LogP contribution < -0.4 is 4.90 Å². The van der Waals surface area contributed by atoms with Crippen molar-refractivity contribution in [3.63, 3.8) is 0 Å². The van der Waals surface area contributed by atoms with Crippen molar-refractivity contribution in [2.24, 2.45) is 0 Å². The van der Waals surface area contributed by atoms with E-state index in [1.807, 2.05) is 4.90 Å². The molecule has 7 heteroatoms. The smallest absolute Gasteiger partial charge is 0.255 e. The average Bonchev–Trinajstić information content (AvgIpc) is 2.79. The summed E-state index contributed by atoms with van der Waals surface area (Å²) in [7, 11) is 0. The maximum Gasteiger partial charge on any atom is 0.255 e. The number of benzene rings is 1. The summed E-state index contributed by atoms with van der Waals surface area (Å²) in [4.78, 5) is 21.2. The minimum atomic E-state index is -0.236. The summed E-state index contributed by atoms with van der Waals surface area (Å²) in [6.07, 6.45) is 6.85. The fourth-order valence-corrected chi connectivity index (χ4v) is 4.37. The second kappa shape index (κ2) is 9.75. The summed E-state index contributed by atoms with van der Waals surface area (Å²) in [6.45, 7) is 3.69. The zero-order valence-electron chi connectivity index (χ0n) is 17.0. The SMILES string of the molecule is O=C(c1cnc(N2CCC(OCc3ccc(F)cc3)CC2)c(Cl)c1)N1CCCCC1. The molecule has 0 bridgehead atoms. The molecule has 0 aliphatic carbocycles.